The van der Waals surface area contributed by atoms with Gasteiger partial charge < -0.3 is 19.3 Å². The summed E-state index contributed by atoms with van der Waals surface area (Å²) in [4.78, 5) is 21.7. The molecule has 2 aromatic heterocycles. The number of para-hydroxylation sites is 1. The third-order valence-corrected chi connectivity index (χ3v) is 6.12. The molecule has 0 spiro atoms. The van der Waals surface area contributed by atoms with Crippen LogP contribution in [0.2, 0.25) is 0 Å². The maximum atomic E-state index is 12.8. The lowest BCUT2D eigenvalue weighted by Gasteiger charge is -2.36. The van der Waals surface area contributed by atoms with Crippen LogP contribution in [0.3, 0.4) is 0 Å². The normalized spacial score (nSPS) is 14.6. The molecule has 4 rings (SSSR count). The number of pyridine rings is 2. The highest BCUT2D eigenvalue weighted by Gasteiger charge is 2.25. The van der Waals surface area contributed by atoms with Gasteiger partial charge in [-0.1, -0.05) is 12.1 Å². The van der Waals surface area contributed by atoms with Crippen LogP contribution in [0.4, 0.5) is 5.69 Å². The number of phenolic OH excluding ortho intramolecular Hbond substituents is 1. The number of aromatic hydroxyl groups is 1. The molecule has 160 valence electrons. The smallest absolute Gasteiger partial charge is 0.270 e. The summed E-state index contributed by atoms with van der Waals surface area (Å²) in [5.41, 5.74) is 2.50. The van der Waals surface area contributed by atoms with E-state index in [4.69, 9.17) is 4.74 Å². The molecule has 0 aliphatic carbocycles. The average molecular weight is 484 g/mol. The monoisotopic (exact) mass is 483 g/mol. The van der Waals surface area contributed by atoms with Gasteiger partial charge in [-0.25, -0.2) is 4.98 Å². The molecule has 1 aromatic carbocycles. The fourth-order valence-electron chi connectivity index (χ4n) is 4.01. The van der Waals surface area contributed by atoms with E-state index in [1.807, 2.05) is 18.2 Å². The Balaban J connectivity index is 1.62. The van der Waals surface area contributed by atoms with Gasteiger partial charge in [0.05, 0.1) is 18.3 Å². The summed E-state index contributed by atoms with van der Waals surface area (Å²) in [6, 6.07) is 11.2. The average Bonchev–Trinajstić information content (AvgIpc) is 2.78. The van der Waals surface area contributed by atoms with E-state index >= 15 is 0 Å². The number of halogens is 1. The number of hydrogen-bond acceptors (Lipinski definition) is 7. The highest BCUT2D eigenvalue weighted by molar-refractivity contribution is 9.10. The first-order valence-electron chi connectivity index (χ1n) is 9.86. The molecule has 0 bridgehead atoms. The Kier molecular flexibility index (Phi) is 5.85. The molecule has 31 heavy (non-hydrogen) atoms. The molecule has 1 fully saturated rings. The topological polar surface area (TPSA) is 94.6 Å². The van der Waals surface area contributed by atoms with Crippen molar-refractivity contribution in [2.75, 3.05) is 38.2 Å². The van der Waals surface area contributed by atoms with Crippen molar-refractivity contribution in [2.24, 2.45) is 7.05 Å². The fourth-order valence-corrected chi connectivity index (χ4v) is 4.32. The minimum absolute atomic E-state index is 0.111. The van der Waals surface area contributed by atoms with Crippen molar-refractivity contribution in [3.63, 3.8) is 0 Å². The number of anilines is 1. The number of benzene rings is 1. The van der Waals surface area contributed by atoms with Crippen LogP contribution >= 0.6 is 15.9 Å². The standard InChI is InChI=1S/C22H22BrN5O3/c1-26-16-6-7-18(23)25-19(16)20(15(12-24)22(26)30)28-10-8-27(9-11-28)13-14-4-3-5-17(31-2)21(14)29/h3-7,29H,8-11,13H2,1-2H3. The number of ether oxygens (including phenoxy) is 1. The van der Waals surface area contributed by atoms with Crippen LogP contribution in [0.1, 0.15) is 11.1 Å². The number of aromatic nitrogens is 2. The van der Waals surface area contributed by atoms with Crippen molar-refractivity contribution in [1.82, 2.24) is 14.5 Å². The number of piperazine rings is 1. The van der Waals surface area contributed by atoms with Crippen LogP contribution in [0.25, 0.3) is 11.0 Å². The second-order valence-corrected chi connectivity index (χ2v) is 8.24. The van der Waals surface area contributed by atoms with Crippen molar-refractivity contribution in [2.45, 2.75) is 6.54 Å². The molecule has 0 radical (unpaired) electrons. The van der Waals surface area contributed by atoms with Crippen LogP contribution in [0.15, 0.2) is 39.7 Å². The molecule has 1 aliphatic heterocycles. The lowest BCUT2D eigenvalue weighted by atomic mass is 10.1. The molecular weight excluding hydrogens is 462 g/mol. The van der Waals surface area contributed by atoms with Crippen molar-refractivity contribution in [3.05, 3.63) is 56.4 Å². The molecule has 0 atom stereocenters. The third kappa shape index (κ3) is 3.84. The molecule has 8 nitrogen and oxygen atoms in total. The number of hydrogen-bond donors (Lipinski definition) is 1. The number of nitriles is 1. The van der Waals surface area contributed by atoms with E-state index < -0.39 is 0 Å². The molecule has 1 aliphatic rings. The van der Waals surface area contributed by atoms with Gasteiger partial charge in [-0.2, -0.15) is 5.26 Å². The highest BCUT2D eigenvalue weighted by Crippen LogP contribution is 2.32. The van der Waals surface area contributed by atoms with Crippen molar-refractivity contribution in [3.8, 4) is 17.6 Å². The summed E-state index contributed by atoms with van der Waals surface area (Å²) in [6.07, 6.45) is 0. The van der Waals surface area contributed by atoms with Gasteiger partial charge in [0, 0.05) is 45.3 Å². The Labute approximate surface area is 188 Å². The Morgan fingerprint density at radius 1 is 1.23 bits per heavy atom. The van der Waals surface area contributed by atoms with E-state index in [1.165, 1.54) is 11.7 Å². The number of nitrogens with zero attached hydrogens (tertiary/aromatic N) is 5. The Hall–Kier alpha value is -3.09. The first kappa shape index (κ1) is 21.2. The summed E-state index contributed by atoms with van der Waals surface area (Å²) in [5.74, 6) is 0.615. The Bertz CT molecular complexity index is 1240. The van der Waals surface area contributed by atoms with Crippen LogP contribution in [-0.2, 0) is 13.6 Å². The number of methoxy groups -OCH3 is 1. The molecule has 0 unspecified atom stereocenters. The molecule has 3 aromatic rings. The van der Waals surface area contributed by atoms with Gasteiger partial charge in [0.2, 0.25) is 0 Å². The fraction of sp³-hybridized carbons (Fsp3) is 0.318. The van der Waals surface area contributed by atoms with Gasteiger partial charge in [0.15, 0.2) is 11.5 Å². The zero-order valence-corrected chi connectivity index (χ0v) is 18.9. The molecule has 1 N–H and O–H groups in total. The molecule has 1 saturated heterocycles. The first-order valence-corrected chi connectivity index (χ1v) is 10.7. The van der Waals surface area contributed by atoms with Crippen molar-refractivity contribution >= 4 is 32.7 Å². The summed E-state index contributed by atoms with van der Waals surface area (Å²) >= 11 is 3.40. The highest BCUT2D eigenvalue weighted by atomic mass is 79.9. The van der Waals surface area contributed by atoms with Crippen molar-refractivity contribution in [1.29, 1.82) is 5.26 Å². The number of rotatable bonds is 4. The van der Waals surface area contributed by atoms with E-state index in [0.717, 1.165) is 5.56 Å². The van der Waals surface area contributed by atoms with Gasteiger partial charge in [-0.15, -0.1) is 0 Å². The van der Waals surface area contributed by atoms with E-state index in [2.05, 4.69) is 36.8 Å². The lowest BCUT2D eigenvalue weighted by Crippen LogP contribution is -2.47. The van der Waals surface area contributed by atoms with Crippen LogP contribution < -0.4 is 15.2 Å². The van der Waals surface area contributed by atoms with Gasteiger partial charge in [0.25, 0.3) is 5.56 Å². The van der Waals surface area contributed by atoms with Gasteiger partial charge >= 0.3 is 0 Å². The maximum Gasteiger partial charge on any atom is 0.270 e. The van der Waals surface area contributed by atoms with E-state index in [9.17, 15) is 15.2 Å². The largest absolute Gasteiger partial charge is 0.504 e. The predicted molar refractivity (Wildman–Crippen MR) is 122 cm³/mol. The summed E-state index contributed by atoms with van der Waals surface area (Å²) in [5, 5.41) is 20.1. The SMILES string of the molecule is COc1cccc(CN2CCN(c3c(C#N)c(=O)n(C)c4ccc(Br)nc34)CC2)c1O. The molecular formula is C22H22BrN5O3. The predicted octanol–water partition coefficient (Wildman–Crippen LogP) is 2.60. The Morgan fingerprint density at radius 2 is 1.97 bits per heavy atom. The maximum absolute atomic E-state index is 12.8. The summed E-state index contributed by atoms with van der Waals surface area (Å²) in [6.45, 7) is 3.28. The van der Waals surface area contributed by atoms with E-state index in [0.29, 0.717) is 59.8 Å². The lowest BCUT2D eigenvalue weighted by molar-refractivity contribution is 0.245. The summed E-state index contributed by atoms with van der Waals surface area (Å²) in [7, 11) is 3.19. The number of aryl methyl sites for hydroxylation is 1. The minimum Gasteiger partial charge on any atom is -0.504 e. The summed E-state index contributed by atoms with van der Waals surface area (Å²) < 4.78 is 7.32. The van der Waals surface area contributed by atoms with Crippen LogP contribution in [0, 0.1) is 11.3 Å². The molecule has 3 heterocycles. The van der Waals surface area contributed by atoms with Crippen molar-refractivity contribution < 1.29 is 9.84 Å². The molecule has 9 heteroatoms. The molecule has 0 saturated carbocycles. The van der Waals surface area contributed by atoms with Gasteiger partial charge in [0.1, 0.15) is 21.8 Å². The van der Waals surface area contributed by atoms with E-state index in [1.54, 1.807) is 19.2 Å². The zero-order chi connectivity index (χ0) is 22.1. The first-order chi connectivity index (χ1) is 14.9. The second kappa shape index (κ2) is 8.57. The van der Waals surface area contributed by atoms with Gasteiger partial charge in [-0.05, 0) is 34.1 Å². The Morgan fingerprint density at radius 3 is 2.65 bits per heavy atom. The van der Waals surface area contributed by atoms with Gasteiger partial charge in [-0.3, -0.25) is 9.69 Å². The van der Waals surface area contributed by atoms with Crippen LogP contribution in [0.5, 0.6) is 11.5 Å². The van der Waals surface area contributed by atoms with E-state index in [-0.39, 0.29) is 16.9 Å². The minimum atomic E-state index is -0.321. The number of fused-ring (bicyclic) bond motifs is 1. The number of phenols is 1. The van der Waals surface area contributed by atoms with Crippen LogP contribution in [-0.4, -0.2) is 52.8 Å². The molecule has 0 amide bonds. The second-order valence-electron chi connectivity index (χ2n) is 7.43. The quantitative estimate of drug-likeness (QED) is 0.569. The third-order valence-electron chi connectivity index (χ3n) is 5.68. The zero-order valence-electron chi connectivity index (χ0n) is 17.3.